The first-order valence-corrected chi connectivity index (χ1v) is 8.08. The van der Waals surface area contributed by atoms with E-state index in [4.69, 9.17) is 0 Å². The number of benzene rings is 1. The number of hydrogen-bond acceptors (Lipinski definition) is 1. The van der Waals surface area contributed by atoms with Crippen molar-refractivity contribution in [1.29, 1.82) is 0 Å². The molecule has 1 aliphatic rings. The molecule has 20 heavy (non-hydrogen) atoms. The van der Waals surface area contributed by atoms with Gasteiger partial charge in [-0.25, -0.2) is 0 Å². The zero-order chi connectivity index (χ0) is 13.9. The van der Waals surface area contributed by atoms with Gasteiger partial charge in [0, 0.05) is 36.2 Å². The number of aromatic nitrogens is 1. The Bertz CT molecular complexity index is 566. The summed E-state index contributed by atoms with van der Waals surface area (Å²) in [4.78, 5) is 0. The van der Waals surface area contributed by atoms with Gasteiger partial charge in [-0.1, -0.05) is 38.5 Å². The molecule has 1 aromatic heterocycles. The van der Waals surface area contributed by atoms with Crippen molar-refractivity contribution in [1.82, 2.24) is 9.88 Å². The van der Waals surface area contributed by atoms with Crippen molar-refractivity contribution in [3.05, 3.63) is 36.0 Å². The summed E-state index contributed by atoms with van der Waals surface area (Å²) < 4.78 is 2.46. The zero-order valence-corrected chi connectivity index (χ0v) is 12.7. The van der Waals surface area contributed by atoms with Crippen LogP contribution in [0.25, 0.3) is 10.9 Å². The largest absolute Gasteiger partial charge is 0.347 e. The molecule has 1 atom stereocenters. The van der Waals surface area contributed by atoms with E-state index in [1.165, 1.54) is 42.1 Å². The quantitative estimate of drug-likeness (QED) is 0.792. The summed E-state index contributed by atoms with van der Waals surface area (Å²) in [7, 11) is 0. The van der Waals surface area contributed by atoms with E-state index in [2.05, 4.69) is 54.2 Å². The van der Waals surface area contributed by atoms with Crippen LogP contribution in [0.5, 0.6) is 0 Å². The van der Waals surface area contributed by atoms with Crippen LogP contribution in [0, 0.1) is 5.92 Å². The van der Waals surface area contributed by atoms with E-state index in [1.54, 1.807) is 0 Å². The number of nitrogens with one attached hydrogen (secondary N) is 1. The van der Waals surface area contributed by atoms with E-state index >= 15 is 0 Å². The standard InChI is InChI=1S/C18H26N2/c1-3-6-14(2)12-20-13-15(11-19-16-9-10-16)17-7-4-5-8-18(17)20/h4-5,7-8,13-14,16,19H,3,6,9-12H2,1-2H3. The molecular formula is C18H26N2. The first-order valence-electron chi connectivity index (χ1n) is 8.08. The minimum atomic E-state index is 0.750. The second-order valence-electron chi connectivity index (χ2n) is 6.37. The maximum Gasteiger partial charge on any atom is 0.0483 e. The van der Waals surface area contributed by atoms with Crippen LogP contribution in [0.3, 0.4) is 0 Å². The van der Waals surface area contributed by atoms with Crippen LogP contribution >= 0.6 is 0 Å². The molecule has 0 aliphatic heterocycles. The third-order valence-electron chi connectivity index (χ3n) is 4.32. The lowest BCUT2D eigenvalue weighted by molar-refractivity contribution is 0.452. The van der Waals surface area contributed by atoms with E-state index in [-0.39, 0.29) is 0 Å². The van der Waals surface area contributed by atoms with Crippen molar-refractivity contribution in [2.45, 2.75) is 58.7 Å². The van der Waals surface area contributed by atoms with Crippen molar-refractivity contribution in [3.8, 4) is 0 Å². The molecule has 1 unspecified atom stereocenters. The zero-order valence-electron chi connectivity index (χ0n) is 12.7. The molecule has 2 aromatic rings. The highest BCUT2D eigenvalue weighted by atomic mass is 15.0. The minimum absolute atomic E-state index is 0.750. The lowest BCUT2D eigenvalue weighted by Gasteiger charge is -2.12. The first kappa shape index (κ1) is 13.7. The van der Waals surface area contributed by atoms with Crippen LogP contribution in [0.1, 0.15) is 45.1 Å². The van der Waals surface area contributed by atoms with E-state index in [0.29, 0.717) is 0 Å². The number of para-hydroxylation sites is 1. The van der Waals surface area contributed by atoms with E-state index in [1.807, 2.05) is 0 Å². The smallest absolute Gasteiger partial charge is 0.0483 e. The van der Waals surface area contributed by atoms with Gasteiger partial charge in [-0.15, -0.1) is 0 Å². The summed E-state index contributed by atoms with van der Waals surface area (Å²) in [6.45, 7) is 6.79. The molecular weight excluding hydrogens is 244 g/mol. The number of hydrogen-bond donors (Lipinski definition) is 1. The molecule has 0 spiro atoms. The fraction of sp³-hybridized carbons (Fsp3) is 0.556. The summed E-state index contributed by atoms with van der Waals surface area (Å²) in [5.41, 5.74) is 2.85. The number of nitrogens with zero attached hydrogens (tertiary/aromatic N) is 1. The Hall–Kier alpha value is -1.28. The fourth-order valence-electron chi connectivity index (χ4n) is 3.08. The van der Waals surface area contributed by atoms with Crippen molar-refractivity contribution in [2.24, 2.45) is 5.92 Å². The molecule has 3 rings (SSSR count). The molecule has 1 heterocycles. The molecule has 108 valence electrons. The van der Waals surface area contributed by atoms with Gasteiger partial charge in [0.1, 0.15) is 0 Å². The Morgan fingerprint density at radius 1 is 1.30 bits per heavy atom. The summed E-state index contributed by atoms with van der Waals surface area (Å²) in [5, 5.41) is 5.06. The van der Waals surface area contributed by atoms with E-state index < -0.39 is 0 Å². The van der Waals surface area contributed by atoms with Crippen molar-refractivity contribution < 1.29 is 0 Å². The maximum atomic E-state index is 3.64. The topological polar surface area (TPSA) is 17.0 Å². The van der Waals surface area contributed by atoms with Gasteiger partial charge in [-0.3, -0.25) is 0 Å². The predicted molar refractivity (Wildman–Crippen MR) is 85.9 cm³/mol. The van der Waals surface area contributed by atoms with Crippen LogP contribution in [0.2, 0.25) is 0 Å². The SMILES string of the molecule is CCCC(C)Cn1cc(CNC2CC2)c2ccccc21. The first-order chi connectivity index (χ1) is 9.78. The van der Waals surface area contributed by atoms with E-state index in [9.17, 15) is 0 Å². The van der Waals surface area contributed by atoms with Crippen LogP contribution in [0.15, 0.2) is 30.5 Å². The van der Waals surface area contributed by atoms with E-state index in [0.717, 1.165) is 25.0 Å². The highest BCUT2D eigenvalue weighted by molar-refractivity contribution is 5.83. The average molecular weight is 270 g/mol. The van der Waals surface area contributed by atoms with Crippen molar-refractivity contribution >= 4 is 10.9 Å². The molecule has 0 bridgehead atoms. The number of fused-ring (bicyclic) bond motifs is 1. The van der Waals surface area contributed by atoms with Gasteiger partial charge < -0.3 is 9.88 Å². The molecule has 0 radical (unpaired) electrons. The molecule has 1 aromatic carbocycles. The van der Waals surface area contributed by atoms with Gasteiger partial charge >= 0.3 is 0 Å². The average Bonchev–Trinajstić information content (AvgIpc) is 3.21. The molecule has 2 nitrogen and oxygen atoms in total. The normalized spacial score (nSPS) is 16.7. The molecule has 1 N–H and O–H groups in total. The monoisotopic (exact) mass is 270 g/mol. The summed E-state index contributed by atoms with van der Waals surface area (Å²) >= 11 is 0. The predicted octanol–water partition coefficient (Wildman–Crippen LogP) is 4.33. The number of rotatable bonds is 7. The Kier molecular flexibility index (Phi) is 4.11. The molecule has 1 fully saturated rings. The maximum absolute atomic E-state index is 3.64. The molecule has 1 saturated carbocycles. The lowest BCUT2D eigenvalue weighted by atomic mass is 10.1. The van der Waals surface area contributed by atoms with Crippen molar-refractivity contribution in [3.63, 3.8) is 0 Å². The summed E-state index contributed by atoms with van der Waals surface area (Å²) in [6, 6.07) is 9.61. The summed E-state index contributed by atoms with van der Waals surface area (Å²) in [6.07, 6.45) is 7.66. The van der Waals surface area contributed by atoms with Gasteiger partial charge in [0.05, 0.1) is 0 Å². The Morgan fingerprint density at radius 2 is 2.10 bits per heavy atom. The van der Waals surface area contributed by atoms with Gasteiger partial charge in [0.25, 0.3) is 0 Å². The van der Waals surface area contributed by atoms with Gasteiger partial charge in [-0.2, -0.15) is 0 Å². The van der Waals surface area contributed by atoms with Gasteiger partial charge in [-0.05, 0) is 36.8 Å². The Labute approximate surface area is 122 Å². The third kappa shape index (κ3) is 3.06. The molecule has 0 amide bonds. The third-order valence-corrected chi connectivity index (χ3v) is 4.32. The molecule has 1 aliphatic carbocycles. The highest BCUT2D eigenvalue weighted by Gasteiger charge is 2.20. The second kappa shape index (κ2) is 6.01. The lowest BCUT2D eigenvalue weighted by Crippen LogP contribution is -2.15. The summed E-state index contributed by atoms with van der Waals surface area (Å²) in [5.74, 6) is 0.750. The van der Waals surface area contributed by atoms with Crippen LogP contribution in [-0.4, -0.2) is 10.6 Å². The van der Waals surface area contributed by atoms with Crippen LogP contribution < -0.4 is 5.32 Å². The van der Waals surface area contributed by atoms with Crippen LogP contribution in [-0.2, 0) is 13.1 Å². The van der Waals surface area contributed by atoms with Crippen LogP contribution in [0.4, 0.5) is 0 Å². The molecule has 0 saturated heterocycles. The highest BCUT2D eigenvalue weighted by Crippen LogP contribution is 2.25. The Morgan fingerprint density at radius 3 is 2.85 bits per heavy atom. The Balaban J connectivity index is 1.82. The second-order valence-corrected chi connectivity index (χ2v) is 6.37. The van der Waals surface area contributed by atoms with Gasteiger partial charge in [0.2, 0.25) is 0 Å². The molecule has 2 heteroatoms. The van der Waals surface area contributed by atoms with Gasteiger partial charge in [0.15, 0.2) is 0 Å². The van der Waals surface area contributed by atoms with Crippen molar-refractivity contribution in [2.75, 3.05) is 0 Å². The minimum Gasteiger partial charge on any atom is -0.347 e. The fourth-order valence-corrected chi connectivity index (χ4v) is 3.08.